The van der Waals surface area contributed by atoms with E-state index in [1.807, 2.05) is 0 Å². The number of nitrogens with one attached hydrogen (secondary N) is 2. The molecule has 2 aromatic rings. The van der Waals surface area contributed by atoms with E-state index in [-0.39, 0.29) is 16.8 Å². The molecule has 0 heterocycles. The Bertz CT molecular complexity index is 830. The average Bonchev–Trinajstić information content (AvgIpc) is 2.49. The molecule has 0 aliphatic rings. The molecule has 4 nitrogen and oxygen atoms in total. The van der Waals surface area contributed by atoms with Gasteiger partial charge in [-0.25, -0.2) is 13.2 Å². The second kappa shape index (κ2) is 6.96. The predicted octanol–water partition coefficient (Wildman–Crippen LogP) is 3.88. The van der Waals surface area contributed by atoms with Crippen molar-refractivity contribution in [2.24, 2.45) is 0 Å². The van der Waals surface area contributed by atoms with Crippen LogP contribution in [0.15, 0.2) is 36.4 Å². The molecule has 0 saturated carbocycles. The zero-order valence-electron chi connectivity index (χ0n) is 13.9. The van der Waals surface area contributed by atoms with Gasteiger partial charge in [0.1, 0.15) is 5.82 Å². The zero-order valence-corrected chi connectivity index (χ0v) is 13.9. The Hall–Kier alpha value is -2.83. The van der Waals surface area contributed by atoms with Crippen molar-refractivity contribution in [3.8, 4) is 0 Å². The van der Waals surface area contributed by atoms with Crippen LogP contribution in [-0.2, 0) is 0 Å². The Morgan fingerprint density at radius 1 is 0.840 bits per heavy atom. The Morgan fingerprint density at radius 2 is 1.48 bits per heavy atom. The molecule has 0 saturated heterocycles. The van der Waals surface area contributed by atoms with Crippen LogP contribution in [0.3, 0.4) is 0 Å². The minimum absolute atomic E-state index is 0.00481. The van der Waals surface area contributed by atoms with Crippen LogP contribution in [0.2, 0.25) is 0 Å². The summed E-state index contributed by atoms with van der Waals surface area (Å²) >= 11 is 0. The molecule has 2 rings (SSSR count). The SMILES string of the molecule is CC(C)(C)NC(=O)c1cc(C(=O)Nc2ccc(F)c(F)c2)ccc1F. The van der Waals surface area contributed by atoms with Crippen LogP contribution >= 0.6 is 0 Å². The van der Waals surface area contributed by atoms with Crippen molar-refractivity contribution in [1.82, 2.24) is 5.32 Å². The first-order valence-corrected chi connectivity index (χ1v) is 7.45. The molecule has 0 aromatic heterocycles. The molecule has 2 aromatic carbocycles. The van der Waals surface area contributed by atoms with E-state index in [2.05, 4.69) is 10.6 Å². The van der Waals surface area contributed by atoms with E-state index in [0.29, 0.717) is 0 Å². The number of benzene rings is 2. The van der Waals surface area contributed by atoms with E-state index in [0.717, 1.165) is 24.3 Å². The van der Waals surface area contributed by atoms with Crippen LogP contribution < -0.4 is 10.6 Å². The molecule has 0 atom stereocenters. The predicted molar refractivity (Wildman–Crippen MR) is 87.9 cm³/mol. The van der Waals surface area contributed by atoms with Gasteiger partial charge in [0.15, 0.2) is 11.6 Å². The summed E-state index contributed by atoms with van der Waals surface area (Å²) in [7, 11) is 0. The van der Waals surface area contributed by atoms with E-state index in [4.69, 9.17) is 0 Å². The Kier molecular flexibility index (Phi) is 5.15. The van der Waals surface area contributed by atoms with Crippen molar-refractivity contribution in [1.29, 1.82) is 0 Å². The first-order chi connectivity index (χ1) is 11.6. The molecule has 2 amide bonds. The number of hydrogen-bond acceptors (Lipinski definition) is 2. The van der Waals surface area contributed by atoms with Gasteiger partial charge < -0.3 is 10.6 Å². The summed E-state index contributed by atoms with van der Waals surface area (Å²) in [6.45, 7) is 5.22. The summed E-state index contributed by atoms with van der Waals surface area (Å²) in [6.07, 6.45) is 0. The third-order valence-corrected chi connectivity index (χ3v) is 3.14. The number of anilines is 1. The topological polar surface area (TPSA) is 58.2 Å². The summed E-state index contributed by atoms with van der Waals surface area (Å²) in [6, 6.07) is 6.18. The molecule has 0 aliphatic heterocycles. The van der Waals surface area contributed by atoms with Crippen molar-refractivity contribution in [3.05, 3.63) is 65.0 Å². The van der Waals surface area contributed by atoms with Gasteiger partial charge in [-0.2, -0.15) is 0 Å². The van der Waals surface area contributed by atoms with Crippen molar-refractivity contribution in [2.75, 3.05) is 5.32 Å². The van der Waals surface area contributed by atoms with Gasteiger partial charge in [-0.1, -0.05) is 0 Å². The van der Waals surface area contributed by atoms with Gasteiger partial charge in [0.25, 0.3) is 11.8 Å². The molecule has 0 aliphatic carbocycles. The summed E-state index contributed by atoms with van der Waals surface area (Å²) in [5.41, 5.74) is -0.820. The van der Waals surface area contributed by atoms with Crippen LogP contribution in [0.25, 0.3) is 0 Å². The number of halogens is 3. The van der Waals surface area contributed by atoms with Gasteiger partial charge in [0.05, 0.1) is 5.56 Å². The smallest absolute Gasteiger partial charge is 0.255 e. The highest BCUT2D eigenvalue weighted by atomic mass is 19.2. The van der Waals surface area contributed by atoms with Crippen LogP contribution in [0, 0.1) is 17.5 Å². The van der Waals surface area contributed by atoms with E-state index in [1.165, 1.54) is 12.1 Å². The molecule has 7 heteroatoms. The molecule has 0 radical (unpaired) electrons. The fraction of sp³-hybridized carbons (Fsp3) is 0.222. The van der Waals surface area contributed by atoms with Crippen LogP contribution in [0.1, 0.15) is 41.5 Å². The van der Waals surface area contributed by atoms with Gasteiger partial charge in [-0.3, -0.25) is 9.59 Å². The standard InChI is InChI=1S/C18H17F3N2O2/c1-18(2,3)23-17(25)12-8-10(4-6-13(12)19)16(24)22-11-5-7-14(20)15(21)9-11/h4-9H,1-3H3,(H,22,24)(H,23,25). The minimum atomic E-state index is -1.11. The van der Waals surface area contributed by atoms with Gasteiger partial charge in [-0.15, -0.1) is 0 Å². The van der Waals surface area contributed by atoms with Gasteiger partial charge in [0.2, 0.25) is 0 Å². The maximum atomic E-state index is 13.9. The van der Waals surface area contributed by atoms with Gasteiger partial charge >= 0.3 is 0 Å². The Balaban J connectivity index is 2.24. The molecule has 2 N–H and O–H groups in total. The largest absolute Gasteiger partial charge is 0.347 e. The van der Waals surface area contributed by atoms with Crippen LogP contribution in [0.5, 0.6) is 0 Å². The zero-order chi connectivity index (χ0) is 18.8. The van der Waals surface area contributed by atoms with Crippen molar-refractivity contribution < 1.29 is 22.8 Å². The summed E-state index contributed by atoms with van der Waals surface area (Å²) in [4.78, 5) is 24.3. The Morgan fingerprint density at radius 3 is 2.08 bits per heavy atom. The monoisotopic (exact) mass is 350 g/mol. The number of rotatable bonds is 3. The normalized spacial score (nSPS) is 11.1. The lowest BCUT2D eigenvalue weighted by Gasteiger charge is -2.20. The molecular weight excluding hydrogens is 333 g/mol. The van der Waals surface area contributed by atoms with E-state index < -0.39 is 34.8 Å². The molecule has 25 heavy (non-hydrogen) atoms. The quantitative estimate of drug-likeness (QED) is 0.882. The highest BCUT2D eigenvalue weighted by molar-refractivity contribution is 6.06. The summed E-state index contributed by atoms with van der Waals surface area (Å²) < 4.78 is 40.0. The van der Waals surface area contributed by atoms with Crippen LogP contribution in [-0.4, -0.2) is 17.4 Å². The molecule has 0 bridgehead atoms. The fourth-order valence-corrected chi connectivity index (χ4v) is 2.03. The van der Waals surface area contributed by atoms with E-state index in [9.17, 15) is 22.8 Å². The first-order valence-electron chi connectivity index (χ1n) is 7.45. The van der Waals surface area contributed by atoms with Crippen molar-refractivity contribution in [3.63, 3.8) is 0 Å². The number of carbonyl (C=O) groups excluding carboxylic acids is 2. The average molecular weight is 350 g/mol. The third kappa shape index (κ3) is 4.82. The molecule has 0 unspecified atom stereocenters. The molecule has 0 fully saturated rings. The van der Waals surface area contributed by atoms with E-state index >= 15 is 0 Å². The lowest BCUT2D eigenvalue weighted by Crippen LogP contribution is -2.41. The molecule has 0 spiro atoms. The van der Waals surface area contributed by atoms with Gasteiger partial charge in [-0.05, 0) is 51.1 Å². The molecule has 132 valence electrons. The second-order valence-electron chi connectivity index (χ2n) is 6.48. The van der Waals surface area contributed by atoms with Crippen molar-refractivity contribution >= 4 is 17.5 Å². The summed E-state index contributed by atoms with van der Waals surface area (Å²) in [5, 5.41) is 4.96. The minimum Gasteiger partial charge on any atom is -0.347 e. The van der Waals surface area contributed by atoms with Gasteiger partial charge in [0, 0.05) is 22.9 Å². The number of carbonyl (C=O) groups is 2. The maximum Gasteiger partial charge on any atom is 0.255 e. The third-order valence-electron chi connectivity index (χ3n) is 3.14. The summed E-state index contributed by atoms with van der Waals surface area (Å²) in [5.74, 6) is -4.27. The maximum absolute atomic E-state index is 13.9. The van der Waals surface area contributed by atoms with Crippen molar-refractivity contribution in [2.45, 2.75) is 26.3 Å². The lowest BCUT2D eigenvalue weighted by molar-refractivity contribution is 0.0915. The number of hydrogen-bond donors (Lipinski definition) is 2. The highest BCUT2D eigenvalue weighted by Crippen LogP contribution is 2.16. The number of amides is 2. The van der Waals surface area contributed by atoms with E-state index in [1.54, 1.807) is 20.8 Å². The van der Waals surface area contributed by atoms with Crippen LogP contribution in [0.4, 0.5) is 18.9 Å². The Labute approximate surface area is 143 Å². The molecular formula is C18H17F3N2O2. The second-order valence-corrected chi connectivity index (χ2v) is 6.48. The first kappa shape index (κ1) is 18.5. The highest BCUT2D eigenvalue weighted by Gasteiger charge is 2.20. The fourth-order valence-electron chi connectivity index (χ4n) is 2.03. The lowest BCUT2D eigenvalue weighted by atomic mass is 10.1.